The van der Waals surface area contributed by atoms with E-state index < -0.39 is 51.1 Å². The summed E-state index contributed by atoms with van der Waals surface area (Å²) in [6.45, 7) is 2.68. The quantitative estimate of drug-likeness (QED) is 0.0241. The molecule has 4 N–H and O–H groups in total. The van der Waals surface area contributed by atoms with E-state index in [2.05, 4.69) is 67.0 Å². The second kappa shape index (κ2) is 35.5. The van der Waals surface area contributed by atoms with Crippen LogP contribution in [0.2, 0.25) is 0 Å². The normalized spacial score (nSPS) is 14.4. The summed E-state index contributed by atoms with van der Waals surface area (Å²) in [5, 5.41) is 8.86. The number of carbonyl (C=O) groups excluding carboxylic acids is 2. The van der Waals surface area contributed by atoms with Crippen molar-refractivity contribution in [2.24, 2.45) is 5.73 Å². The number of allylic oxidation sites excluding steroid dienone is 8. The number of carboxylic acid groups (broad SMARTS) is 1. The van der Waals surface area contributed by atoms with E-state index in [1.165, 1.54) is 44.9 Å². The van der Waals surface area contributed by atoms with E-state index in [4.69, 9.17) is 24.8 Å². The smallest absolute Gasteiger partial charge is 0.472 e. The number of carbonyl (C=O) groups is 3. The number of unbranched alkanes of at least 4 members (excludes halogenated alkanes) is 14. The molecule has 11 nitrogen and oxygen atoms in total. The van der Waals surface area contributed by atoms with E-state index in [1.807, 2.05) is 0 Å². The Labute approximate surface area is 314 Å². The second-order valence-electron chi connectivity index (χ2n) is 13.1. The van der Waals surface area contributed by atoms with Crippen molar-refractivity contribution in [3.8, 4) is 0 Å². The van der Waals surface area contributed by atoms with Crippen molar-refractivity contribution in [2.75, 3.05) is 19.8 Å². The molecule has 0 heterocycles. The minimum absolute atomic E-state index is 0.141. The molecule has 52 heavy (non-hydrogen) atoms. The summed E-state index contributed by atoms with van der Waals surface area (Å²) in [5.41, 5.74) is 5.31. The van der Waals surface area contributed by atoms with Crippen LogP contribution in [-0.4, -0.2) is 59.9 Å². The Morgan fingerprint density at radius 1 is 0.596 bits per heavy atom. The largest absolute Gasteiger partial charge is 0.480 e. The van der Waals surface area contributed by atoms with Crippen molar-refractivity contribution < 1.29 is 47.5 Å². The molecule has 0 amide bonds. The number of hydrogen-bond acceptors (Lipinski definition) is 9. The van der Waals surface area contributed by atoms with E-state index in [0.717, 1.165) is 70.6 Å². The Balaban J connectivity index is 4.52. The zero-order valence-corrected chi connectivity index (χ0v) is 33.0. The maximum absolute atomic E-state index is 12.6. The topological polar surface area (TPSA) is 172 Å². The van der Waals surface area contributed by atoms with Gasteiger partial charge in [0, 0.05) is 12.8 Å². The van der Waals surface area contributed by atoms with Crippen LogP contribution in [0.1, 0.15) is 155 Å². The Morgan fingerprint density at radius 2 is 1.02 bits per heavy atom. The summed E-state index contributed by atoms with van der Waals surface area (Å²) in [7, 11) is -4.72. The molecule has 0 radical (unpaired) electrons. The molecule has 1 unspecified atom stereocenters. The third-order valence-electron chi connectivity index (χ3n) is 8.05. The molecule has 3 atom stereocenters. The summed E-state index contributed by atoms with van der Waals surface area (Å²) in [5.74, 6) is -2.44. The average molecular weight is 756 g/mol. The molecule has 0 spiro atoms. The van der Waals surface area contributed by atoms with Gasteiger partial charge in [-0.15, -0.1) is 0 Å². The summed E-state index contributed by atoms with van der Waals surface area (Å²) >= 11 is 0. The number of nitrogens with two attached hydrogens (primary N) is 1. The van der Waals surface area contributed by atoms with Crippen molar-refractivity contribution in [3.63, 3.8) is 0 Å². The summed E-state index contributed by atoms with van der Waals surface area (Å²) in [4.78, 5) is 45.8. The van der Waals surface area contributed by atoms with Gasteiger partial charge in [-0.3, -0.25) is 23.4 Å². The highest BCUT2D eigenvalue weighted by molar-refractivity contribution is 7.47. The van der Waals surface area contributed by atoms with Crippen LogP contribution >= 0.6 is 7.82 Å². The molecular weight excluding hydrogens is 685 g/mol. The molecule has 0 rings (SSSR count). The number of carboxylic acids is 1. The molecule has 0 aliphatic rings. The minimum atomic E-state index is -4.72. The number of hydrogen-bond donors (Lipinski definition) is 3. The van der Waals surface area contributed by atoms with Gasteiger partial charge in [0.05, 0.1) is 13.2 Å². The van der Waals surface area contributed by atoms with Gasteiger partial charge in [-0.05, 0) is 77.0 Å². The first-order valence-corrected chi connectivity index (χ1v) is 21.2. The molecule has 0 saturated heterocycles. The maximum atomic E-state index is 12.6. The van der Waals surface area contributed by atoms with Gasteiger partial charge in [0.15, 0.2) is 6.10 Å². The number of esters is 2. The highest BCUT2D eigenvalue weighted by atomic mass is 31.2. The zero-order chi connectivity index (χ0) is 38.5. The molecule has 12 heteroatoms. The number of phosphoric ester groups is 1. The first-order chi connectivity index (χ1) is 25.1. The predicted molar refractivity (Wildman–Crippen MR) is 208 cm³/mol. The van der Waals surface area contributed by atoms with Gasteiger partial charge in [-0.2, -0.15) is 0 Å². The Kier molecular flexibility index (Phi) is 33.7. The highest BCUT2D eigenvalue weighted by Crippen LogP contribution is 2.43. The zero-order valence-electron chi connectivity index (χ0n) is 32.1. The van der Waals surface area contributed by atoms with Crippen LogP contribution in [0.5, 0.6) is 0 Å². The van der Waals surface area contributed by atoms with Gasteiger partial charge in [0.2, 0.25) is 0 Å². The number of ether oxygens (including phenoxy) is 2. The molecule has 0 saturated carbocycles. The average Bonchev–Trinajstić information content (AvgIpc) is 3.12. The van der Waals surface area contributed by atoms with Crippen LogP contribution in [0.4, 0.5) is 0 Å². The van der Waals surface area contributed by atoms with Gasteiger partial charge in [0.25, 0.3) is 0 Å². The lowest BCUT2D eigenvalue weighted by atomic mass is 10.1. The molecule has 0 aromatic heterocycles. The van der Waals surface area contributed by atoms with E-state index in [1.54, 1.807) is 0 Å². The molecule has 300 valence electrons. The standard InChI is InChI=1S/C40H70NO10P/c1-3-5-7-9-11-13-15-17-18-20-21-23-25-27-29-31-38(42)48-33-36(34-49-52(46,47)50-35-37(41)40(44)45)51-39(43)32-30-28-26-24-22-19-16-14-12-10-8-6-4-2/h11,13-14,16-18,21,23,36-37H,3-10,12,15,19-20,22,24-35,41H2,1-2H3,(H,44,45)(H,46,47)/b13-11+,16-14+,18-17+,23-21+/t36-,37+/m1/s1. The van der Waals surface area contributed by atoms with Crippen LogP contribution in [-0.2, 0) is 37.5 Å². The third-order valence-corrected chi connectivity index (χ3v) is 9.00. The van der Waals surface area contributed by atoms with E-state index >= 15 is 0 Å². The SMILES string of the molecule is CCCCC/C=C/C/C=C/C/C=C/CCCCC(=O)OC[C@H](COP(=O)(O)OC[C@H](N)C(=O)O)OC(=O)CCCCCCC/C=C/CCCCCC. The van der Waals surface area contributed by atoms with Gasteiger partial charge >= 0.3 is 25.7 Å². The number of aliphatic carboxylic acids is 1. The Hall–Kier alpha value is -2.56. The van der Waals surface area contributed by atoms with E-state index in [9.17, 15) is 23.8 Å². The number of phosphoric acid groups is 1. The van der Waals surface area contributed by atoms with Crippen LogP contribution in [0.3, 0.4) is 0 Å². The van der Waals surface area contributed by atoms with Crippen molar-refractivity contribution in [1.82, 2.24) is 0 Å². The molecule has 0 fully saturated rings. The highest BCUT2D eigenvalue weighted by Gasteiger charge is 2.28. The first kappa shape index (κ1) is 49.4. The maximum Gasteiger partial charge on any atom is 0.472 e. The molecule has 0 aromatic rings. The van der Waals surface area contributed by atoms with Crippen molar-refractivity contribution >= 4 is 25.7 Å². The van der Waals surface area contributed by atoms with Crippen molar-refractivity contribution in [2.45, 2.75) is 167 Å². The van der Waals surface area contributed by atoms with Crippen LogP contribution in [0, 0.1) is 0 Å². The first-order valence-electron chi connectivity index (χ1n) is 19.7. The van der Waals surface area contributed by atoms with Crippen LogP contribution < -0.4 is 5.73 Å². The lowest BCUT2D eigenvalue weighted by Crippen LogP contribution is -2.34. The molecule has 0 aliphatic carbocycles. The summed E-state index contributed by atoms with van der Waals surface area (Å²) < 4.78 is 32.5. The van der Waals surface area contributed by atoms with Crippen molar-refractivity contribution in [1.29, 1.82) is 0 Å². The van der Waals surface area contributed by atoms with Crippen LogP contribution in [0.15, 0.2) is 48.6 Å². The third kappa shape index (κ3) is 34.5. The Morgan fingerprint density at radius 3 is 1.62 bits per heavy atom. The minimum Gasteiger partial charge on any atom is -0.480 e. The predicted octanol–water partition coefficient (Wildman–Crippen LogP) is 9.83. The van der Waals surface area contributed by atoms with Gasteiger partial charge in [-0.25, -0.2) is 4.57 Å². The molecule has 0 aromatic carbocycles. The monoisotopic (exact) mass is 755 g/mol. The summed E-state index contributed by atoms with van der Waals surface area (Å²) in [6.07, 6.45) is 37.5. The van der Waals surface area contributed by atoms with E-state index in [-0.39, 0.29) is 19.4 Å². The molecule has 0 bridgehead atoms. The van der Waals surface area contributed by atoms with Crippen molar-refractivity contribution in [3.05, 3.63) is 48.6 Å². The van der Waals surface area contributed by atoms with Gasteiger partial charge < -0.3 is 25.2 Å². The number of rotatable bonds is 36. The van der Waals surface area contributed by atoms with E-state index in [0.29, 0.717) is 12.8 Å². The molecule has 0 aliphatic heterocycles. The fourth-order valence-electron chi connectivity index (χ4n) is 4.89. The van der Waals surface area contributed by atoms with Gasteiger partial charge in [-0.1, -0.05) is 114 Å². The fourth-order valence-corrected chi connectivity index (χ4v) is 5.67. The fraction of sp³-hybridized carbons (Fsp3) is 0.725. The lowest BCUT2D eigenvalue weighted by molar-refractivity contribution is -0.161. The molecular formula is C40H70NO10P. The second-order valence-corrected chi connectivity index (χ2v) is 14.5. The van der Waals surface area contributed by atoms with Gasteiger partial charge in [0.1, 0.15) is 12.6 Å². The lowest BCUT2D eigenvalue weighted by Gasteiger charge is -2.20. The summed E-state index contributed by atoms with van der Waals surface area (Å²) in [6, 6.07) is -1.53. The Bertz CT molecular complexity index is 1070. The van der Waals surface area contributed by atoms with Crippen LogP contribution in [0.25, 0.3) is 0 Å².